The van der Waals surface area contributed by atoms with Crippen molar-refractivity contribution < 1.29 is 36.6 Å². The maximum atomic E-state index is 14.1. The molecule has 0 radical (unpaired) electrons. The molecule has 1 aliphatic carbocycles. The van der Waals surface area contributed by atoms with E-state index in [4.69, 9.17) is 0 Å². The summed E-state index contributed by atoms with van der Waals surface area (Å²) in [4.78, 5) is 41.3. The summed E-state index contributed by atoms with van der Waals surface area (Å²) in [7, 11) is 3.43. The molecular formula is C38H44F5N3O4. The number of aliphatic carboxylic acids is 1. The van der Waals surface area contributed by atoms with Crippen LogP contribution >= 0.6 is 0 Å². The van der Waals surface area contributed by atoms with E-state index in [0.29, 0.717) is 17.2 Å². The monoisotopic (exact) mass is 701 g/mol. The van der Waals surface area contributed by atoms with E-state index >= 15 is 0 Å². The smallest absolute Gasteiger partial charge is 0.416 e. The van der Waals surface area contributed by atoms with Gasteiger partial charge in [-0.3, -0.25) is 14.4 Å². The first-order chi connectivity index (χ1) is 23.3. The molecule has 0 fully saturated rings. The molecule has 2 N–H and O–H groups in total. The van der Waals surface area contributed by atoms with E-state index in [2.05, 4.69) is 5.32 Å². The van der Waals surface area contributed by atoms with Crippen LogP contribution in [0.5, 0.6) is 0 Å². The number of nitrogens with zero attached hydrogens (tertiary/aromatic N) is 2. The van der Waals surface area contributed by atoms with Gasteiger partial charge in [0.2, 0.25) is 5.91 Å². The van der Waals surface area contributed by atoms with Gasteiger partial charge < -0.3 is 19.9 Å². The number of likely N-dealkylation sites (N-methyl/N-ethyl adjacent to an activating group) is 1. The number of carbonyl (C=O) groups excluding carboxylic acids is 1. The van der Waals surface area contributed by atoms with Gasteiger partial charge in [0.05, 0.1) is 18.0 Å². The summed E-state index contributed by atoms with van der Waals surface area (Å²) in [6.07, 6.45) is -2.73. The number of hydrogen-bond donors (Lipinski definition) is 2. The van der Waals surface area contributed by atoms with Crippen molar-refractivity contribution in [3.8, 4) is 11.1 Å². The Bertz CT molecular complexity index is 1820. The standard InChI is InChI=1S/C38H44F5N3O4/c1-21(2)12-32(46-20-26(10-11-45(5)6)30(18-34(46)47)38(41,42)43)37(50)44-31(19-35(48)49)27-16-25-8-7-9-28(25)29(17-27)36-22(3)13-24(14-23(36)4)15-33(39)40/h13-18,20-21,31-32H,7-12,19H2,1-6H3,(H,44,50)(H,48,49)/t31-,32-/m0/s1. The summed E-state index contributed by atoms with van der Waals surface area (Å²) in [5.74, 6) is -2.03. The number of carboxylic acid groups (broad SMARTS) is 1. The number of benzene rings is 2. The molecule has 0 spiro atoms. The second kappa shape index (κ2) is 15.7. The predicted molar refractivity (Wildman–Crippen MR) is 183 cm³/mol. The molecule has 0 unspecified atom stereocenters. The fraction of sp³-hybridized carbons (Fsp3) is 0.447. The van der Waals surface area contributed by atoms with E-state index in [0.717, 1.165) is 69.5 Å². The van der Waals surface area contributed by atoms with Gasteiger partial charge in [-0.05, 0) is 122 Å². The van der Waals surface area contributed by atoms with Crippen LogP contribution in [-0.4, -0.2) is 47.1 Å². The molecule has 1 heterocycles. The summed E-state index contributed by atoms with van der Waals surface area (Å²) in [5, 5.41) is 12.8. The largest absolute Gasteiger partial charge is 0.481 e. The highest BCUT2D eigenvalue weighted by molar-refractivity contribution is 5.82. The van der Waals surface area contributed by atoms with Crippen LogP contribution in [0.2, 0.25) is 0 Å². The Balaban J connectivity index is 1.81. The van der Waals surface area contributed by atoms with Gasteiger partial charge in [0.1, 0.15) is 6.04 Å². The fourth-order valence-electron chi connectivity index (χ4n) is 6.92. The molecule has 4 rings (SSSR count). The van der Waals surface area contributed by atoms with Crippen molar-refractivity contribution >= 4 is 18.0 Å². The molecule has 1 amide bonds. The maximum absolute atomic E-state index is 14.1. The van der Waals surface area contributed by atoms with Gasteiger partial charge in [-0.2, -0.15) is 22.0 Å². The first kappa shape index (κ1) is 38.5. The Morgan fingerprint density at radius 1 is 1.04 bits per heavy atom. The molecule has 2 atom stereocenters. The topological polar surface area (TPSA) is 91.6 Å². The lowest BCUT2D eigenvalue weighted by Gasteiger charge is -2.27. The van der Waals surface area contributed by atoms with Crippen LogP contribution in [0.15, 0.2) is 47.4 Å². The highest BCUT2D eigenvalue weighted by Gasteiger charge is 2.36. The lowest BCUT2D eigenvalue weighted by molar-refractivity contribution is -0.139. The van der Waals surface area contributed by atoms with Crippen molar-refractivity contribution in [1.29, 1.82) is 0 Å². The zero-order chi connectivity index (χ0) is 37.1. The number of alkyl halides is 3. The number of carbonyl (C=O) groups is 2. The molecular weight excluding hydrogens is 657 g/mol. The molecule has 1 aliphatic rings. The van der Waals surface area contributed by atoms with Gasteiger partial charge in [-0.15, -0.1) is 0 Å². The number of rotatable bonds is 13. The van der Waals surface area contributed by atoms with Crippen molar-refractivity contribution in [2.45, 2.75) is 84.5 Å². The van der Waals surface area contributed by atoms with E-state index in [1.807, 2.05) is 39.8 Å². The van der Waals surface area contributed by atoms with Crippen LogP contribution in [0, 0.1) is 19.8 Å². The van der Waals surface area contributed by atoms with Crippen LogP contribution in [0.25, 0.3) is 17.2 Å². The summed E-state index contributed by atoms with van der Waals surface area (Å²) >= 11 is 0. The molecule has 12 heteroatoms. The molecule has 3 aromatic rings. The van der Waals surface area contributed by atoms with E-state index in [9.17, 15) is 41.4 Å². The van der Waals surface area contributed by atoms with Crippen LogP contribution in [0.3, 0.4) is 0 Å². The number of amides is 1. The Hall–Kier alpha value is -4.32. The highest BCUT2D eigenvalue weighted by atomic mass is 19.4. The summed E-state index contributed by atoms with van der Waals surface area (Å²) < 4.78 is 69.1. The van der Waals surface area contributed by atoms with Crippen molar-refractivity contribution in [2.75, 3.05) is 20.6 Å². The molecule has 0 saturated carbocycles. The van der Waals surface area contributed by atoms with Gasteiger partial charge in [0.25, 0.3) is 11.6 Å². The van der Waals surface area contributed by atoms with Crippen LogP contribution in [-0.2, 0) is 35.0 Å². The third-order valence-electron chi connectivity index (χ3n) is 9.07. The summed E-state index contributed by atoms with van der Waals surface area (Å²) in [6, 6.07) is 5.31. The maximum Gasteiger partial charge on any atom is 0.416 e. The average Bonchev–Trinajstić information content (AvgIpc) is 3.46. The number of carboxylic acids is 1. The minimum atomic E-state index is -4.77. The first-order valence-electron chi connectivity index (χ1n) is 16.6. The number of hydrogen-bond acceptors (Lipinski definition) is 4. The molecule has 2 aromatic carbocycles. The minimum absolute atomic E-state index is 0.0174. The Labute approximate surface area is 288 Å². The molecule has 270 valence electrons. The zero-order valence-corrected chi connectivity index (χ0v) is 29.2. The quantitative estimate of drug-likeness (QED) is 0.177. The van der Waals surface area contributed by atoms with Crippen molar-refractivity contribution in [2.24, 2.45) is 5.92 Å². The van der Waals surface area contributed by atoms with Gasteiger partial charge >= 0.3 is 12.1 Å². The van der Waals surface area contributed by atoms with Crippen LogP contribution < -0.4 is 10.9 Å². The number of nitrogens with one attached hydrogen (secondary N) is 1. The summed E-state index contributed by atoms with van der Waals surface area (Å²) in [5.41, 5.74) is 3.94. The van der Waals surface area contributed by atoms with Gasteiger partial charge in [-0.25, -0.2) is 0 Å². The number of halogens is 5. The molecule has 0 bridgehead atoms. The average molecular weight is 702 g/mol. The summed E-state index contributed by atoms with van der Waals surface area (Å²) in [6.45, 7) is 7.56. The third kappa shape index (κ3) is 9.26. The van der Waals surface area contributed by atoms with Gasteiger partial charge in [0, 0.05) is 24.9 Å². The zero-order valence-electron chi connectivity index (χ0n) is 29.2. The second-order valence-corrected chi connectivity index (χ2v) is 13.8. The number of pyridine rings is 1. The molecule has 0 aliphatic heterocycles. The SMILES string of the molecule is Cc1cc(C=C(F)F)cc(C)c1-c1cc([C@H](CC(=O)O)NC(=O)[C@H](CC(C)C)n2cc(CCN(C)C)c(C(F)(F)F)cc2=O)cc2c1CCC2. The fourth-order valence-corrected chi connectivity index (χ4v) is 6.92. The molecule has 0 saturated heterocycles. The second-order valence-electron chi connectivity index (χ2n) is 13.8. The molecule has 50 heavy (non-hydrogen) atoms. The first-order valence-corrected chi connectivity index (χ1v) is 16.6. The van der Waals surface area contributed by atoms with Crippen LogP contribution in [0.1, 0.15) is 89.7 Å². The van der Waals surface area contributed by atoms with Crippen LogP contribution in [0.4, 0.5) is 22.0 Å². The van der Waals surface area contributed by atoms with E-state index in [1.54, 1.807) is 31.1 Å². The molecule has 1 aromatic heterocycles. The normalized spacial score (nSPS) is 14.1. The van der Waals surface area contributed by atoms with Crippen molar-refractivity contribution in [3.63, 3.8) is 0 Å². The number of aromatic nitrogens is 1. The predicted octanol–water partition coefficient (Wildman–Crippen LogP) is 7.90. The Morgan fingerprint density at radius 3 is 2.26 bits per heavy atom. The van der Waals surface area contributed by atoms with Gasteiger partial charge in [-0.1, -0.05) is 32.0 Å². The number of aryl methyl sites for hydroxylation is 3. The van der Waals surface area contributed by atoms with E-state index in [1.165, 1.54) is 0 Å². The molecule has 7 nitrogen and oxygen atoms in total. The lowest BCUT2D eigenvalue weighted by Crippen LogP contribution is -2.40. The van der Waals surface area contributed by atoms with E-state index in [-0.39, 0.29) is 30.9 Å². The Kier molecular flexibility index (Phi) is 12.1. The third-order valence-corrected chi connectivity index (χ3v) is 9.07. The lowest BCUT2D eigenvalue weighted by atomic mass is 9.86. The Morgan fingerprint density at radius 2 is 1.70 bits per heavy atom. The van der Waals surface area contributed by atoms with Crippen molar-refractivity contribution in [1.82, 2.24) is 14.8 Å². The number of fused-ring (bicyclic) bond motifs is 1. The van der Waals surface area contributed by atoms with E-state index < -0.39 is 53.8 Å². The van der Waals surface area contributed by atoms with Gasteiger partial charge in [0.15, 0.2) is 0 Å². The minimum Gasteiger partial charge on any atom is -0.481 e. The van der Waals surface area contributed by atoms with Crippen molar-refractivity contribution in [3.05, 3.63) is 97.5 Å². The highest BCUT2D eigenvalue weighted by Crippen LogP contribution is 2.40.